The summed E-state index contributed by atoms with van der Waals surface area (Å²) in [5.74, 6) is 1.97. The van der Waals surface area contributed by atoms with Crippen molar-refractivity contribution in [1.29, 1.82) is 0 Å². The van der Waals surface area contributed by atoms with E-state index in [0.29, 0.717) is 17.5 Å². The Balaban J connectivity index is 1.10. The van der Waals surface area contributed by atoms with Gasteiger partial charge >= 0.3 is 0 Å². The largest absolute Gasteiger partial charge is 0.208 e. The maximum atomic E-state index is 5.11. The standard InChI is InChI=1S/C48H37N3SSi/c1-53(2,3)41-22-12-20-38(30-41)36-18-10-16-34(28-36)33-15-9-17-35(27-33)37-19-11-21-39(29-37)47-49-46(32-13-5-4-6-14-32)50-48(51-47)40-25-26-45-43(31-40)42-23-7-8-24-44(42)52-45/h4-31H,1-3H3. The SMILES string of the molecule is C[Si](C)(C)c1cccc(-c2cccc(-c3cccc(-c4cccc(-c5nc(-c6ccccc6)nc(-c6ccc7sc8ccccc8c7c6)n5)c4)c3)c2)c1. The Morgan fingerprint density at radius 3 is 1.38 bits per heavy atom. The number of hydrogen-bond acceptors (Lipinski definition) is 4. The van der Waals surface area contributed by atoms with Gasteiger partial charge in [0, 0.05) is 36.9 Å². The van der Waals surface area contributed by atoms with Crippen molar-refractivity contribution in [3.05, 3.63) is 170 Å². The fraction of sp³-hybridized carbons (Fsp3) is 0.0625. The molecule has 0 aliphatic rings. The topological polar surface area (TPSA) is 38.7 Å². The lowest BCUT2D eigenvalue weighted by atomic mass is 9.95. The Labute approximate surface area is 315 Å². The molecule has 0 amide bonds. The highest BCUT2D eigenvalue weighted by Gasteiger charge is 2.17. The minimum Gasteiger partial charge on any atom is -0.208 e. The van der Waals surface area contributed by atoms with E-state index in [2.05, 4.69) is 171 Å². The van der Waals surface area contributed by atoms with Crippen LogP contribution in [0.5, 0.6) is 0 Å². The zero-order valence-corrected chi connectivity index (χ0v) is 31.7. The molecule has 0 atom stereocenters. The van der Waals surface area contributed by atoms with E-state index in [0.717, 1.165) is 27.8 Å². The Morgan fingerprint density at radius 2 is 0.774 bits per heavy atom. The quantitative estimate of drug-likeness (QED) is 0.154. The van der Waals surface area contributed by atoms with Crippen LogP contribution >= 0.6 is 11.3 Å². The minimum atomic E-state index is -1.42. The molecule has 2 aromatic heterocycles. The normalized spacial score (nSPS) is 11.7. The molecule has 0 bridgehead atoms. The van der Waals surface area contributed by atoms with Crippen molar-refractivity contribution < 1.29 is 0 Å². The van der Waals surface area contributed by atoms with Crippen LogP contribution < -0.4 is 5.19 Å². The van der Waals surface area contributed by atoms with E-state index in [9.17, 15) is 0 Å². The summed E-state index contributed by atoms with van der Waals surface area (Å²) in [4.78, 5) is 15.2. The van der Waals surface area contributed by atoms with Gasteiger partial charge in [-0.15, -0.1) is 11.3 Å². The summed E-state index contributed by atoms with van der Waals surface area (Å²) < 4.78 is 2.53. The van der Waals surface area contributed by atoms with E-state index in [1.54, 1.807) is 0 Å². The summed E-state index contributed by atoms with van der Waals surface area (Å²) in [5.41, 5.74) is 10.0. The summed E-state index contributed by atoms with van der Waals surface area (Å²) in [6.07, 6.45) is 0. The van der Waals surface area contributed by atoms with Crippen molar-refractivity contribution >= 4 is 44.8 Å². The van der Waals surface area contributed by atoms with Gasteiger partial charge in [0.2, 0.25) is 0 Å². The lowest BCUT2D eigenvalue weighted by Gasteiger charge is -2.17. The predicted octanol–water partition coefficient (Wildman–Crippen LogP) is 12.8. The summed E-state index contributed by atoms with van der Waals surface area (Å²) in [7, 11) is -1.42. The van der Waals surface area contributed by atoms with Gasteiger partial charge in [0.1, 0.15) is 0 Å². The molecular formula is C48H37N3SSi. The van der Waals surface area contributed by atoms with Crippen LogP contribution in [0.2, 0.25) is 19.6 Å². The third-order valence-electron chi connectivity index (χ3n) is 9.88. The first-order chi connectivity index (χ1) is 25.9. The maximum absolute atomic E-state index is 5.11. The van der Waals surface area contributed by atoms with Gasteiger partial charge in [0.25, 0.3) is 0 Å². The van der Waals surface area contributed by atoms with Crippen LogP contribution in [-0.4, -0.2) is 23.0 Å². The molecule has 9 rings (SSSR count). The van der Waals surface area contributed by atoms with Crippen LogP contribution in [0.4, 0.5) is 0 Å². The molecule has 0 saturated carbocycles. The highest BCUT2D eigenvalue weighted by molar-refractivity contribution is 7.25. The number of rotatable bonds is 7. The molecule has 0 spiro atoms. The monoisotopic (exact) mass is 715 g/mol. The van der Waals surface area contributed by atoms with Crippen molar-refractivity contribution in [1.82, 2.24) is 15.0 Å². The van der Waals surface area contributed by atoms with Crippen LogP contribution in [0.1, 0.15) is 0 Å². The smallest absolute Gasteiger partial charge is 0.164 e. The molecular weight excluding hydrogens is 679 g/mol. The van der Waals surface area contributed by atoms with Gasteiger partial charge in [-0.1, -0.05) is 152 Å². The lowest BCUT2D eigenvalue weighted by Crippen LogP contribution is -2.37. The van der Waals surface area contributed by atoms with Gasteiger partial charge in [-0.2, -0.15) is 0 Å². The summed E-state index contributed by atoms with van der Waals surface area (Å²) in [6, 6.07) is 60.6. The van der Waals surface area contributed by atoms with Gasteiger partial charge in [0.15, 0.2) is 17.5 Å². The van der Waals surface area contributed by atoms with Crippen LogP contribution in [0.15, 0.2) is 170 Å². The van der Waals surface area contributed by atoms with E-state index in [1.165, 1.54) is 47.6 Å². The number of benzene rings is 7. The van der Waals surface area contributed by atoms with E-state index < -0.39 is 8.07 Å². The first-order valence-electron chi connectivity index (χ1n) is 18.0. The first-order valence-corrected chi connectivity index (χ1v) is 22.3. The minimum absolute atomic E-state index is 0.649. The lowest BCUT2D eigenvalue weighted by molar-refractivity contribution is 1.07. The fourth-order valence-corrected chi connectivity index (χ4v) is 9.25. The molecule has 0 fully saturated rings. The molecule has 0 saturated heterocycles. The molecule has 0 unspecified atom stereocenters. The van der Waals surface area contributed by atoms with Gasteiger partial charge in [0.05, 0.1) is 8.07 Å². The molecule has 2 heterocycles. The van der Waals surface area contributed by atoms with Crippen molar-refractivity contribution in [3.8, 4) is 67.5 Å². The van der Waals surface area contributed by atoms with Crippen LogP contribution in [0.3, 0.4) is 0 Å². The van der Waals surface area contributed by atoms with Crippen LogP contribution in [0, 0.1) is 0 Å². The van der Waals surface area contributed by atoms with Crippen molar-refractivity contribution in [3.63, 3.8) is 0 Å². The first kappa shape index (κ1) is 32.9. The molecule has 53 heavy (non-hydrogen) atoms. The van der Waals surface area contributed by atoms with Gasteiger partial charge in [-0.05, 0) is 75.8 Å². The maximum Gasteiger partial charge on any atom is 0.164 e. The second-order valence-electron chi connectivity index (χ2n) is 14.6. The number of aromatic nitrogens is 3. The molecule has 5 heteroatoms. The van der Waals surface area contributed by atoms with Gasteiger partial charge in [-0.25, -0.2) is 15.0 Å². The fourth-order valence-electron chi connectivity index (χ4n) is 6.98. The third kappa shape index (κ3) is 6.61. The Hall–Kier alpha value is -6.01. The Kier molecular flexibility index (Phi) is 8.38. The number of fused-ring (bicyclic) bond motifs is 3. The van der Waals surface area contributed by atoms with Crippen molar-refractivity contribution in [2.75, 3.05) is 0 Å². The van der Waals surface area contributed by atoms with E-state index in [4.69, 9.17) is 15.0 Å². The number of nitrogens with zero attached hydrogens (tertiary/aromatic N) is 3. The summed E-state index contributed by atoms with van der Waals surface area (Å²) in [6.45, 7) is 7.20. The van der Waals surface area contributed by atoms with E-state index in [-0.39, 0.29) is 0 Å². The zero-order valence-electron chi connectivity index (χ0n) is 29.9. The number of hydrogen-bond donors (Lipinski definition) is 0. The molecule has 0 radical (unpaired) electrons. The molecule has 0 aliphatic heterocycles. The van der Waals surface area contributed by atoms with Crippen LogP contribution in [-0.2, 0) is 0 Å². The summed E-state index contributed by atoms with van der Waals surface area (Å²) >= 11 is 1.81. The average molecular weight is 716 g/mol. The predicted molar refractivity (Wildman–Crippen MR) is 228 cm³/mol. The molecule has 3 nitrogen and oxygen atoms in total. The van der Waals surface area contributed by atoms with E-state index in [1.807, 2.05) is 29.5 Å². The van der Waals surface area contributed by atoms with E-state index >= 15 is 0 Å². The second kappa shape index (κ2) is 13.5. The summed E-state index contributed by atoms with van der Waals surface area (Å²) in [5, 5.41) is 3.95. The van der Waals surface area contributed by atoms with Gasteiger partial charge < -0.3 is 0 Å². The Bertz CT molecular complexity index is 2780. The van der Waals surface area contributed by atoms with Gasteiger partial charge in [-0.3, -0.25) is 0 Å². The number of thiophene rings is 1. The van der Waals surface area contributed by atoms with Crippen LogP contribution in [0.25, 0.3) is 87.7 Å². The highest BCUT2D eigenvalue weighted by Crippen LogP contribution is 2.37. The molecule has 254 valence electrons. The zero-order chi connectivity index (χ0) is 35.9. The molecule has 0 N–H and O–H groups in total. The van der Waals surface area contributed by atoms with Crippen molar-refractivity contribution in [2.45, 2.75) is 19.6 Å². The van der Waals surface area contributed by atoms with Crippen molar-refractivity contribution in [2.24, 2.45) is 0 Å². The Morgan fingerprint density at radius 1 is 0.340 bits per heavy atom. The third-order valence-corrected chi connectivity index (χ3v) is 13.1. The molecule has 0 aliphatic carbocycles. The second-order valence-corrected chi connectivity index (χ2v) is 20.7. The highest BCUT2D eigenvalue weighted by atomic mass is 32.1. The average Bonchev–Trinajstić information content (AvgIpc) is 3.59. The molecule has 9 aromatic rings. The molecule has 7 aromatic carbocycles.